The Morgan fingerprint density at radius 1 is 1.30 bits per heavy atom. The number of carbonyl (C=O) groups is 1. The molecule has 2 aliphatic rings. The minimum atomic E-state index is 0.0567. The Hall–Kier alpha value is -2.01. The molecule has 4 rings (SSSR count). The third-order valence-electron chi connectivity index (χ3n) is 8.07. The van der Waals surface area contributed by atoms with Crippen molar-refractivity contribution in [1.29, 1.82) is 0 Å². The Kier molecular flexibility index (Phi) is 5.16. The molecule has 164 valence electrons. The Balaban J connectivity index is 1.75. The first-order valence-corrected chi connectivity index (χ1v) is 11.2. The number of fused-ring (bicyclic) bond motifs is 3. The van der Waals surface area contributed by atoms with Crippen molar-refractivity contribution in [3.63, 3.8) is 0 Å². The van der Waals surface area contributed by atoms with Crippen LogP contribution in [0.15, 0.2) is 18.2 Å². The number of nitrogens with zero attached hydrogens (tertiary/aromatic N) is 2. The molecule has 0 aliphatic heterocycles. The lowest BCUT2D eigenvalue weighted by Gasteiger charge is -2.43. The normalized spacial score (nSPS) is 27.2. The van der Waals surface area contributed by atoms with Gasteiger partial charge in [0.1, 0.15) is 5.75 Å². The summed E-state index contributed by atoms with van der Waals surface area (Å²) in [5.41, 5.74) is 3.17. The lowest BCUT2D eigenvalue weighted by molar-refractivity contribution is 0.0738. The third-order valence-corrected chi connectivity index (χ3v) is 8.07. The molecule has 2 saturated carbocycles. The molecule has 1 amide bonds. The van der Waals surface area contributed by atoms with Crippen LogP contribution in [0.3, 0.4) is 0 Å². The van der Waals surface area contributed by atoms with Gasteiger partial charge in [-0.25, -0.2) is 0 Å². The molecule has 0 unspecified atom stereocenters. The van der Waals surface area contributed by atoms with Crippen molar-refractivity contribution >= 4 is 16.8 Å². The predicted molar refractivity (Wildman–Crippen MR) is 122 cm³/mol. The topological polar surface area (TPSA) is 46.5 Å². The standard InChI is InChI=1S/C25H37N3O2/c1-16-20(22(29)26-23-24(2,3)17-11-12-25(23,4)15-17)18-9-8-10-19(30-7)21(18)28(16)14-13-27(5)6/h8-10,17,23H,11-15H2,1-7H3,(H,26,29)/t17-,23-,25+/m1/s1. The lowest BCUT2D eigenvalue weighted by Crippen LogP contribution is -2.52. The van der Waals surface area contributed by atoms with Gasteiger partial charge in [-0.2, -0.15) is 0 Å². The summed E-state index contributed by atoms with van der Waals surface area (Å²) in [5.74, 6) is 1.58. The minimum Gasteiger partial charge on any atom is -0.495 e. The van der Waals surface area contributed by atoms with E-state index in [4.69, 9.17) is 4.74 Å². The maximum Gasteiger partial charge on any atom is 0.253 e. The summed E-state index contributed by atoms with van der Waals surface area (Å²) >= 11 is 0. The van der Waals surface area contributed by atoms with E-state index in [1.807, 2.05) is 12.1 Å². The van der Waals surface area contributed by atoms with Crippen molar-refractivity contribution in [2.75, 3.05) is 27.7 Å². The maximum atomic E-state index is 13.7. The van der Waals surface area contributed by atoms with Gasteiger partial charge in [-0.15, -0.1) is 0 Å². The van der Waals surface area contributed by atoms with Crippen molar-refractivity contribution in [1.82, 2.24) is 14.8 Å². The quantitative estimate of drug-likeness (QED) is 0.763. The molecule has 5 nitrogen and oxygen atoms in total. The molecule has 2 bridgehead atoms. The van der Waals surface area contributed by atoms with Crippen LogP contribution >= 0.6 is 0 Å². The van der Waals surface area contributed by atoms with Gasteiger partial charge in [0, 0.05) is 30.2 Å². The van der Waals surface area contributed by atoms with E-state index in [1.54, 1.807) is 7.11 Å². The number of nitrogens with one attached hydrogen (secondary N) is 1. The van der Waals surface area contributed by atoms with Crippen molar-refractivity contribution in [2.24, 2.45) is 16.7 Å². The Bertz CT molecular complexity index is 970. The van der Waals surface area contributed by atoms with Gasteiger partial charge in [-0.1, -0.05) is 32.9 Å². The summed E-state index contributed by atoms with van der Waals surface area (Å²) in [6, 6.07) is 6.23. The van der Waals surface area contributed by atoms with Crippen LogP contribution in [0.4, 0.5) is 0 Å². The summed E-state index contributed by atoms with van der Waals surface area (Å²) in [7, 11) is 5.85. The van der Waals surface area contributed by atoms with Gasteiger partial charge in [-0.05, 0) is 63.1 Å². The van der Waals surface area contributed by atoms with Crippen molar-refractivity contribution in [3.05, 3.63) is 29.5 Å². The minimum absolute atomic E-state index is 0.0567. The van der Waals surface area contributed by atoms with Gasteiger partial charge in [0.25, 0.3) is 5.91 Å². The number of aromatic nitrogens is 1. The van der Waals surface area contributed by atoms with Crippen LogP contribution in [0.5, 0.6) is 5.75 Å². The lowest BCUT2D eigenvalue weighted by atomic mass is 9.68. The van der Waals surface area contributed by atoms with E-state index >= 15 is 0 Å². The molecule has 0 saturated heterocycles. The summed E-state index contributed by atoms with van der Waals surface area (Å²) in [4.78, 5) is 15.9. The van der Waals surface area contributed by atoms with E-state index in [2.05, 4.69) is 62.6 Å². The second-order valence-corrected chi connectivity index (χ2v) is 10.6. The molecule has 1 aromatic carbocycles. The number of rotatable bonds is 6. The number of likely N-dealkylation sites (N-methyl/N-ethyl adjacent to an activating group) is 1. The largest absolute Gasteiger partial charge is 0.495 e. The monoisotopic (exact) mass is 411 g/mol. The van der Waals surface area contributed by atoms with Crippen LogP contribution in [0.2, 0.25) is 0 Å². The first kappa shape index (κ1) is 21.2. The number of hydrogen-bond donors (Lipinski definition) is 1. The molecule has 2 fully saturated rings. The molecule has 0 spiro atoms. The van der Waals surface area contributed by atoms with E-state index in [0.717, 1.165) is 41.0 Å². The highest BCUT2D eigenvalue weighted by atomic mass is 16.5. The van der Waals surface area contributed by atoms with E-state index in [9.17, 15) is 4.79 Å². The number of ether oxygens (including phenoxy) is 1. The SMILES string of the molecule is COc1cccc2c(C(=O)N[C@@H]3C(C)(C)[C@@H]4CC[C@@]3(C)C4)c(C)n(CCN(C)C)c12. The van der Waals surface area contributed by atoms with Crippen LogP contribution in [-0.4, -0.2) is 49.2 Å². The molecule has 3 atom stereocenters. The Morgan fingerprint density at radius 2 is 2.03 bits per heavy atom. The Morgan fingerprint density at radius 3 is 2.63 bits per heavy atom. The molecular formula is C25H37N3O2. The number of benzene rings is 1. The number of amides is 1. The van der Waals surface area contributed by atoms with Gasteiger partial charge in [0.2, 0.25) is 0 Å². The summed E-state index contributed by atoms with van der Waals surface area (Å²) < 4.78 is 7.93. The highest BCUT2D eigenvalue weighted by Gasteiger charge is 2.59. The number of methoxy groups -OCH3 is 1. The molecular weight excluding hydrogens is 374 g/mol. The number of hydrogen-bond acceptors (Lipinski definition) is 3. The highest BCUT2D eigenvalue weighted by molar-refractivity contribution is 6.09. The third kappa shape index (κ3) is 3.13. The molecule has 1 N–H and O–H groups in total. The Labute approximate surface area is 180 Å². The van der Waals surface area contributed by atoms with E-state index in [-0.39, 0.29) is 22.8 Å². The summed E-state index contributed by atoms with van der Waals surface area (Å²) in [6.45, 7) is 10.8. The molecule has 2 aliphatic carbocycles. The van der Waals surface area contributed by atoms with Crippen LogP contribution in [0, 0.1) is 23.7 Å². The maximum absolute atomic E-state index is 13.7. The predicted octanol–water partition coefficient (Wildman–Crippen LogP) is 4.46. The van der Waals surface area contributed by atoms with Gasteiger partial charge in [0.15, 0.2) is 0 Å². The second kappa shape index (κ2) is 7.30. The molecule has 1 aromatic heterocycles. The average Bonchev–Trinajstić information content (AvgIpc) is 3.27. The van der Waals surface area contributed by atoms with Crippen molar-refractivity contribution in [3.8, 4) is 5.75 Å². The zero-order chi connectivity index (χ0) is 21.8. The molecule has 5 heteroatoms. The van der Waals surface area contributed by atoms with Gasteiger partial charge >= 0.3 is 0 Å². The second-order valence-electron chi connectivity index (χ2n) is 10.6. The first-order valence-electron chi connectivity index (χ1n) is 11.2. The zero-order valence-corrected chi connectivity index (χ0v) is 19.6. The van der Waals surface area contributed by atoms with Crippen LogP contribution in [0.1, 0.15) is 56.1 Å². The van der Waals surface area contributed by atoms with Gasteiger partial charge in [0.05, 0.1) is 18.2 Å². The number of para-hydroxylation sites is 1. The van der Waals surface area contributed by atoms with Crippen LogP contribution < -0.4 is 10.1 Å². The van der Waals surface area contributed by atoms with E-state index in [1.165, 1.54) is 19.3 Å². The van der Waals surface area contributed by atoms with Gasteiger partial charge in [-0.3, -0.25) is 4.79 Å². The van der Waals surface area contributed by atoms with Crippen LogP contribution in [-0.2, 0) is 6.54 Å². The molecule has 1 heterocycles. The van der Waals surface area contributed by atoms with E-state index in [0.29, 0.717) is 5.92 Å². The summed E-state index contributed by atoms with van der Waals surface area (Å²) in [5, 5.41) is 4.48. The first-order chi connectivity index (χ1) is 14.1. The number of carbonyl (C=O) groups excluding carboxylic acids is 1. The fourth-order valence-electron chi connectivity index (χ4n) is 6.40. The summed E-state index contributed by atoms with van der Waals surface area (Å²) in [6.07, 6.45) is 3.72. The van der Waals surface area contributed by atoms with Gasteiger partial charge < -0.3 is 19.5 Å². The van der Waals surface area contributed by atoms with Crippen molar-refractivity contribution in [2.45, 2.75) is 59.5 Å². The molecule has 2 aromatic rings. The molecule has 30 heavy (non-hydrogen) atoms. The van der Waals surface area contributed by atoms with Crippen LogP contribution in [0.25, 0.3) is 10.9 Å². The highest BCUT2D eigenvalue weighted by Crippen LogP contribution is 2.62. The molecule has 0 radical (unpaired) electrons. The fraction of sp³-hybridized carbons (Fsp3) is 0.640. The smallest absolute Gasteiger partial charge is 0.253 e. The van der Waals surface area contributed by atoms with Crippen molar-refractivity contribution < 1.29 is 9.53 Å². The average molecular weight is 412 g/mol. The van der Waals surface area contributed by atoms with E-state index < -0.39 is 0 Å². The zero-order valence-electron chi connectivity index (χ0n) is 19.6. The fourth-order valence-corrected chi connectivity index (χ4v) is 6.40.